The Balaban J connectivity index is 1.87. The maximum absolute atomic E-state index is 12.2. The van der Waals surface area contributed by atoms with Gasteiger partial charge in [0.05, 0.1) is 13.0 Å². The minimum atomic E-state index is -0.840. The Morgan fingerprint density at radius 2 is 1.70 bits per heavy atom. The number of carboxylic acid groups (broad SMARTS) is 1. The van der Waals surface area contributed by atoms with Crippen LogP contribution in [0.25, 0.3) is 0 Å². The van der Waals surface area contributed by atoms with Gasteiger partial charge in [0.1, 0.15) is 0 Å². The molecule has 0 saturated heterocycles. The van der Waals surface area contributed by atoms with Crippen LogP contribution in [0.1, 0.15) is 61.9 Å². The molecule has 0 bridgehead atoms. The Bertz CT molecular complexity index is 1040. The molecule has 0 aliphatic rings. The van der Waals surface area contributed by atoms with Gasteiger partial charge in [-0.2, -0.15) is 0 Å². The van der Waals surface area contributed by atoms with Crippen LogP contribution in [0.15, 0.2) is 72.9 Å². The smallest absolute Gasteiger partial charge is 0.311 e. The second kappa shape index (κ2) is 10.6. The van der Waals surface area contributed by atoms with Crippen molar-refractivity contribution in [2.45, 2.75) is 58.2 Å². The largest absolute Gasteiger partial charge is 0.481 e. The van der Waals surface area contributed by atoms with Crippen LogP contribution < -0.4 is 4.74 Å². The highest BCUT2D eigenvalue weighted by molar-refractivity contribution is 5.76. The molecule has 174 valence electrons. The first-order valence-corrected chi connectivity index (χ1v) is 11.3. The fraction of sp³-hybridized carbons (Fsp3) is 0.357. The number of pyridine rings is 1. The molecule has 1 unspecified atom stereocenters. The maximum atomic E-state index is 12.2. The van der Waals surface area contributed by atoms with E-state index < -0.39 is 11.9 Å². The summed E-state index contributed by atoms with van der Waals surface area (Å²) in [6.45, 7) is 9.65. The predicted octanol–water partition coefficient (Wildman–Crippen LogP) is 5.86. The number of aliphatic carboxylic acids is 1. The van der Waals surface area contributed by atoms with Crippen LogP contribution >= 0.6 is 0 Å². The molecule has 0 aliphatic heterocycles. The molecular formula is C28H34N2O3. The Hall–Kier alpha value is -3.18. The average Bonchev–Trinajstić information content (AvgIpc) is 2.81. The van der Waals surface area contributed by atoms with Crippen LogP contribution in [0.2, 0.25) is 0 Å². The highest BCUT2D eigenvalue weighted by Gasteiger charge is 2.28. The lowest BCUT2D eigenvalue weighted by molar-refractivity contribution is -0.138. The zero-order chi connectivity index (χ0) is 24.0. The molecule has 3 aromatic rings. The highest BCUT2D eigenvalue weighted by Crippen LogP contribution is 2.32. The molecular weight excluding hydrogens is 412 g/mol. The summed E-state index contributed by atoms with van der Waals surface area (Å²) in [5.41, 5.74) is 3.97. The lowest BCUT2D eigenvalue weighted by atomic mass is 9.89. The first-order valence-electron chi connectivity index (χ1n) is 11.3. The predicted molar refractivity (Wildman–Crippen MR) is 131 cm³/mol. The Kier molecular flexibility index (Phi) is 7.88. The van der Waals surface area contributed by atoms with Crippen LogP contribution in [0.4, 0.5) is 0 Å². The number of carboxylic acids is 1. The molecule has 0 amide bonds. The van der Waals surface area contributed by atoms with Crippen molar-refractivity contribution in [2.75, 3.05) is 7.11 Å². The Labute approximate surface area is 197 Å². The number of rotatable bonds is 9. The number of ether oxygens (including phenoxy) is 1. The van der Waals surface area contributed by atoms with Gasteiger partial charge in [0, 0.05) is 30.4 Å². The topological polar surface area (TPSA) is 62.7 Å². The normalized spacial score (nSPS) is 13.5. The lowest BCUT2D eigenvalue weighted by Crippen LogP contribution is -2.42. The monoisotopic (exact) mass is 446 g/mol. The molecule has 33 heavy (non-hydrogen) atoms. The van der Waals surface area contributed by atoms with Crippen molar-refractivity contribution in [1.29, 1.82) is 0 Å². The van der Waals surface area contributed by atoms with E-state index in [0.29, 0.717) is 12.3 Å². The Morgan fingerprint density at radius 3 is 2.27 bits per heavy atom. The molecule has 5 nitrogen and oxygen atoms in total. The summed E-state index contributed by atoms with van der Waals surface area (Å²) in [6, 6.07) is 22.2. The molecule has 1 heterocycles. The molecule has 1 N–H and O–H groups in total. The van der Waals surface area contributed by atoms with E-state index >= 15 is 0 Å². The SMILES string of the molecule is COc1ccc(CC(C(=O)O)c2cccc([C@@H](C)N(Cc3ccccc3)C(C)(C)C)c2)cn1. The van der Waals surface area contributed by atoms with Crippen LogP contribution in [-0.2, 0) is 17.8 Å². The van der Waals surface area contributed by atoms with Gasteiger partial charge in [-0.1, -0.05) is 60.7 Å². The molecule has 0 radical (unpaired) electrons. The molecule has 0 fully saturated rings. The first-order chi connectivity index (χ1) is 15.7. The third-order valence-electron chi connectivity index (χ3n) is 6.07. The van der Waals surface area contributed by atoms with Gasteiger partial charge in [0.25, 0.3) is 0 Å². The van der Waals surface area contributed by atoms with E-state index in [9.17, 15) is 9.90 Å². The van der Waals surface area contributed by atoms with Gasteiger partial charge in [0.2, 0.25) is 5.88 Å². The van der Waals surface area contributed by atoms with Crippen LogP contribution in [0, 0.1) is 0 Å². The molecule has 2 atom stereocenters. The lowest BCUT2D eigenvalue weighted by Gasteiger charge is -2.41. The second-order valence-corrected chi connectivity index (χ2v) is 9.43. The van der Waals surface area contributed by atoms with Crippen LogP contribution in [0.5, 0.6) is 5.88 Å². The van der Waals surface area contributed by atoms with E-state index in [-0.39, 0.29) is 11.6 Å². The molecule has 5 heteroatoms. The van der Waals surface area contributed by atoms with Crippen molar-refractivity contribution < 1.29 is 14.6 Å². The zero-order valence-electron chi connectivity index (χ0n) is 20.2. The minimum absolute atomic E-state index is 0.0633. The van der Waals surface area contributed by atoms with E-state index in [1.807, 2.05) is 30.3 Å². The third kappa shape index (κ3) is 6.42. The summed E-state index contributed by atoms with van der Waals surface area (Å²) < 4.78 is 5.11. The fourth-order valence-electron chi connectivity index (χ4n) is 4.19. The van der Waals surface area contributed by atoms with Gasteiger partial charge in [-0.05, 0) is 56.4 Å². The first kappa shape index (κ1) is 24.5. The summed E-state index contributed by atoms with van der Waals surface area (Å²) in [7, 11) is 1.56. The number of hydrogen-bond acceptors (Lipinski definition) is 4. The summed E-state index contributed by atoms with van der Waals surface area (Å²) in [5.74, 6) is -0.973. The molecule has 0 saturated carbocycles. The number of methoxy groups -OCH3 is 1. The molecule has 0 spiro atoms. The molecule has 2 aromatic carbocycles. The van der Waals surface area contributed by atoms with E-state index in [1.165, 1.54) is 5.56 Å². The standard InChI is InChI=1S/C28H34N2O3/c1-20(30(28(2,3)4)19-21-10-7-6-8-11-21)23-12-9-13-24(17-23)25(27(31)32)16-22-14-15-26(33-5)29-18-22/h6-15,17-18,20,25H,16,19H2,1-5H3,(H,31,32)/t20-,25?/m1/s1. The van der Waals surface area contributed by atoms with E-state index in [1.54, 1.807) is 19.4 Å². The van der Waals surface area contributed by atoms with Crippen molar-refractivity contribution >= 4 is 5.97 Å². The number of aromatic nitrogens is 1. The maximum Gasteiger partial charge on any atom is 0.311 e. The van der Waals surface area contributed by atoms with Gasteiger partial charge in [0.15, 0.2) is 0 Å². The number of carbonyl (C=O) groups is 1. The number of benzene rings is 2. The second-order valence-electron chi connectivity index (χ2n) is 9.43. The number of nitrogens with zero attached hydrogens (tertiary/aromatic N) is 2. The van der Waals surface area contributed by atoms with Crippen LogP contribution in [0.3, 0.4) is 0 Å². The minimum Gasteiger partial charge on any atom is -0.481 e. The average molecular weight is 447 g/mol. The van der Waals surface area contributed by atoms with E-state index in [2.05, 4.69) is 67.9 Å². The summed E-state index contributed by atoms with van der Waals surface area (Å²) in [5, 5.41) is 10.00. The summed E-state index contributed by atoms with van der Waals surface area (Å²) >= 11 is 0. The van der Waals surface area contributed by atoms with Crippen molar-refractivity contribution in [1.82, 2.24) is 9.88 Å². The van der Waals surface area contributed by atoms with Crippen molar-refractivity contribution in [3.05, 3.63) is 95.2 Å². The molecule has 1 aromatic heterocycles. The summed E-state index contributed by atoms with van der Waals surface area (Å²) in [6.07, 6.45) is 2.06. The zero-order valence-corrected chi connectivity index (χ0v) is 20.2. The van der Waals surface area contributed by atoms with Crippen molar-refractivity contribution in [2.24, 2.45) is 0 Å². The molecule has 3 rings (SSSR count). The van der Waals surface area contributed by atoms with Gasteiger partial charge < -0.3 is 9.84 Å². The summed E-state index contributed by atoms with van der Waals surface area (Å²) in [4.78, 5) is 18.9. The van der Waals surface area contributed by atoms with E-state index in [4.69, 9.17) is 4.74 Å². The van der Waals surface area contributed by atoms with Gasteiger partial charge in [-0.25, -0.2) is 4.98 Å². The molecule has 0 aliphatic carbocycles. The van der Waals surface area contributed by atoms with Crippen molar-refractivity contribution in [3.8, 4) is 5.88 Å². The third-order valence-corrected chi connectivity index (χ3v) is 6.07. The van der Waals surface area contributed by atoms with E-state index in [0.717, 1.165) is 23.2 Å². The van der Waals surface area contributed by atoms with Gasteiger partial charge in [-0.3, -0.25) is 9.69 Å². The van der Waals surface area contributed by atoms with Gasteiger partial charge >= 0.3 is 5.97 Å². The van der Waals surface area contributed by atoms with Crippen molar-refractivity contribution in [3.63, 3.8) is 0 Å². The highest BCUT2D eigenvalue weighted by atomic mass is 16.5. The Morgan fingerprint density at radius 1 is 1.00 bits per heavy atom. The fourth-order valence-corrected chi connectivity index (χ4v) is 4.19. The van der Waals surface area contributed by atoms with Gasteiger partial charge in [-0.15, -0.1) is 0 Å². The number of hydrogen-bond donors (Lipinski definition) is 1. The van der Waals surface area contributed by atoms with Crippen LogP contribution in [-0.4, -0.2) is 33.6 Å². The quantitative estimate of drug-likeness (QED) is 0.446.